The molecule has 2 aromatic rings. The first-order chi connectivity index (χ1) is 8.56. The summed E-state index contributed by atoms with van der Waals surface area (Å²) in [6.07, 6.45) is 2.89. The van der Waals surface area contributed by atoms with Crippen LogP contribution in [0.2, 0.25) is 10.0 Å². The fraction of sp³-hybridized carbons (Fsp3) is 0.286. The van der Waals surface area contributed by atoms with E-state index in [1.165, 1.54) is 5.69 Å². The van der Waals surface area contributed by atoms with Gasteiger partial charge < -0.3 is 10.3 Å². The minimum Gasteiger partial charge on any atom is -0.347 e. The third-order valence-electron chi connectivity index (χ3n) is 2.80. The molecule has 0 fully saturated rings. The van der Waals surface area contributed by atoms with E-state index < -0.39 is 0 Å². The Hall–Kier alpha value is -0.960. The van der Waals surface area contributed by atoms with Crippen molar-refractivity contribution in [1.29, 1.82) is 0 Å². The first-order valence-electron chi connectivity index (χ1n) is 5.90. The van der Waals surface area contributed by atoms with Crippen LogP contribution >= 0.6 is 23.2 Å². The molecular weight excluding hydrogens is 267 g/mol. The maximum atomic E-state index is 6.17. The minimum absolute atomic E-state index is 0.147. The van der Waals surface area contributed by atoms with Crippen LogP contribution in [-0.2, 0) is 13.0 Å². The number of aromatic nitrogens is 1. The van der Waals surface area contributed by atoms with Gasteiger partial charge in [0.1, 0.15) is 0 Å². The second kappa shape index (κ2) is 5.79. The van der Waals surface area contributed by atoms with E-state index in [0.29, 0.717) is 11.6 Å². The summed E-state index contributed by atoms with van der Waals surface area (Å²) in [6, 6.07) is 9.78. The highest BCUT2D eigenvalue weighted by Gasteiger charge is 2.07. The summed E-state index contributed by atoms with van der Waals surface area (Å²) in [5.41, 5.74) is 8.07. The number of halogens is 2. The van der Waals surface area contributed by atoms with Crippen LogP contribution in [0, 0.1) is 0 Å². The lowest BCUT2D eigenvalue weighted by Gasteiger charge is -2.12. The zero-order valence-corrected chi connectivity index (χ0v) is 11.7. The number of nitrogens with zero attached hydrogens (tertiary/aromatic N) is 1. The Balaban J connectivity index is 2.23. The summed E-state index contributed by atoms with van der Waals surface area (Å²) in [4.78, 5) is 0. The van der Waals surface area contributed by atoms with Crippen molar-refractivity contribution in [3.8, 4) is 0 Å². The van der Waals surface area contributed by atoms with Gasteiger partial charge in [-0.3, -0.25) is 0 Å². The average Bonchev–Trinajstić information content (AvgIpc) is 2.70. The molecule has 1 heterocycles. The molecule has 0 radical (unpaired) electrons. The fourth-order valence-electron chi connectivity index (χ4n) is 1.97. The topological polar surface area (TPSA) is 30.9 Å². The molecule has 2 N–H and O–H groups in total. The summed E-state index contributed by atoms with van der Waals surface area (Å²) in [7, 11) is 0. The summed E-state index contributed by atoms with van der Waals surface area (Å²) in [5.74, 6) is 0. The number of hydrogen-bond acceptors (Lipinski definition) is 1. The lowest BCUT2D eigenvalue weighted by molar-refractivity contribution is 0.666. The first kappa shape index (κ1) is 13.5. The number of nitrogens with two attached hydrogens (primary N) is 1. The van der Waals surface area contributed by atoms with Crippen LogP contribution in [0.5, 0.6) is 0 Å². The molecule has 1 aromatic heterocycles. The third-order valence-corrected chi connectivity index (χ3v) is 3.41. The molecule has 0 saturated heterocycles. The maximum absolute atomic E-state index is 6.17. The number of benzene rings is 1. The van der Waals surface area contributed by atoms with Gasteiger partial charge in [0, 0.05) is 40.9 Å². The van der Waals surface area contributed by atoms with Gasteiger partial charge in [-0.2, -0.15) is 0 Å². The van der Waals surface area contributed by atoms with E-state index in [1.54, 1.807) is 6.07 Å². The summed E-state index contributed by atoms with van der Waals surface area (Å²) >= 11 is 12.2. The van der Waals surface area contributed by atoms with Crippen LogP contribution < -0.4 is 5.73 Å². The monoisotopic (exact) mass is 282 g/mol. The molecule has 1 unspecified atom stereocenters. The van der Waals surface area contributed by atoms with Crippen molar-refractivity contribution in [2.45, 2.75) is 25.9 Å². The van der Waals surface area contributed by atoms with Gasteiger partial charge in [-0.25, -0.2) is 0 Å². The molecule has 0 aliphatic heterocycles. The zero-order valence-electron chi connectivity index (χ0n) is 10.2. The average molecular weight is 283 g/mol. The molecule has 2 nitrogen and oxygen atoms in total. The van der Waals surface area contributed by atoms with Gasteiger partial charge >= 0.3 is 0 Å². The van der Waals surface area contributed by atoms with Crippen molar-refractivity contribution in [1.82, 2.24) is 4.57 Å². The van der Waals surface area contributed by atoms with Crippen molar-refractivity contribution in [3.63, 3.8) is 0 Å². The highest BCUT2D eigenvalue weighted by Crippen LogP contribution is 2.22. The number of rotatable bonds is 4. The first-order valence-corrected chi connectivity index (χ1v) is 6.65. The Morgan fingerprint density at radius 1 is 1.28 bits per heavy atom. The molecule has 18 heavy (non-hydrogen) atoms. The molecule has 0 amide bonds. The van der Waals surface area contributed by atoms with E-state index in [4.69, 9.17) is 28.9 Å². The normalized spacial score (nSPS) is 12.7. The van der Waals surface area contributed by atoms with Crippen LogP contribution in [0.3, 0.4) is 0 Å². The van der Waals surface area contributed by atoms with Gasteiger partial charge in [-0.05, 0) is 42.8 Å². The molecule has 4 heteroatoms. The van der Waals surface area contributed by atoms with Crippen LogP contribution in [0.15, 0.2) is 36.5 Å². The molecule has 0 bridgehead atoms. The van der Waals surface area contributed by atoms with E-state index in [9.17, 15) is 0 Å². The predicted octanol–water partition coefficient (Wildman–Crippen LogP) is 3.73. The van der Waals surface area contributed by atoms with Crippen LogP contribution in [-0.4, -0.2) is 10.6 Å². The van der Waals surface area contributed by atoms with Gasteiger partial charge in [-0.1, -0.05) is 23.2 Å². The molecule has 0 aliphatic carbocycles. The molecule has 0 saturated carbocycles. The highest BCUT2D eigenvalue weighted by molar-refractivity contribution is 6.33. The molecule has 1 aromatic carbocycles. The van der Waals surface area contributed by atoms with Crippen molar-refractivity contribution in [2.75, 3.05) is 0 Å². The summed E-state index contributed by atoms with van der Waals surface area (Å²) in [5, 5.41) is 1.44. The van der Waals surface area contributed by atoms with Gasteiger partial charge in [0.05, 0.1) is 0 Å². The molecule has 2 rings (SSSR count). The Morgan fingerprint density at radius 3 is 2.78 bits per heavy atom. The molecular formula is C14H16Cl2N2. The van der Waals surface area contributed by atoms with E-state index in [2.05, 4.69) is 10.6 Å². The van der Waals surface area contributed by atoms with Crippen LogP contribution in [0.1, 0.15) is 18.2 Å². The maximum Gasteiger partial charge on any atom is 0.0488 e. The molecule has 0 spiro atoms. The van der Waals surface area contributed by atoms with Gasteiger partial charge in [0.25, 0.3) is 0 Å². The van der Waals surface area contributed by atoms with Crippen LogP contribution in [0.25, 0.3) is 0 Å². The third kappa shape index (κ3) is 3.29. The Morgan fingerprint density at radius 2 is 2.06 bits per heavy atom. The quantitative estimate of drug-likeness (QED) is 0.910. The minimum atomic E-state index is 0.147. The standard InChI is InChI=1S/C14H16Cl2N2/c1-10(17)7-13-3-2-6-18(13)9-11-8-12(15)4-5-14(11)16/h2-6,8,10H,7,9,17H2,1H3. The molecule has 1 atom stereocenters. The van der Waals surface area contributed by atoms with Gasteiger partial charge in [0.15, 0.2) is 0 Å². The SMILES string of the molecule is CC(N)Cc1cccn1Cc1cc(Cl)ccc1Cl. The van der Waals surface area contributed by atoms with Crippen molar-refractivity contribution >= 4 is 23.2 Å². The highest BCUT2D eigenvalue weighted by atomic mass is 35.5. The van der Waals surface area contributed by atoms with E-state index in [-0.39, 0.29) is 6.04 Å². The lowest BCUT2D eigenvalue weighted by atomic mass is 10.2. The zero-order chi connectivity index (χ0) is 13.1. The van der Waals surface area contributed by atoms with Gasteiger partial charge in [0.2, 0.25) is 0 Å². The van der Waals surface area contributed by atoms with Crippen molar-refractivity contribution < 1.29 is 0 Å². The smallest absolute Gasteiger partial charge is 0.0488 e. The fourth-order valence-corrected chi connectivity index (χ4v) is 2.34. The Kier molecular flexibility index (Phi) is 4.33. The van der Waals surface area contributed by atoms with Crippen molar-refractivity contribution in [2.24, 2.45) is 5.73 Å². The molecule has 96 valence electrons. The largest absolute Gasteiger partial charge is 0.347 e. The second-order valence-electron chi connectivity index (χ2n) is 4.54. The van der Waals surface area contributed by atoms with Crippen LogP contribution in [0.4, 0.5) is 0 Å². The van der Waals surface area contributed by atoms with Gasteiger partial charge in [-0.15, -0.1) is 0 Å². The summed E-state index contributed by atoms with van der Waals surface area (Å²) < 4.78 is 2.15. The van der Waals surface area contributed by atoms with Crippen molar-refractivity contribution in [3.05, 3.63) is 57.8 Å². The molecule has 0 aliphatic rings. The number of hydrogen-bond donors (Lipinski definition) is 1. The summed E-state index contributed by atoms with van der Waals surface area (Å²) in [6.45, 7) is 2.72. The Labute approximate surface area is 117 Å². The second-order valence-corrected chi connectivity index (χ2v) is 5.39. The predicted molar refractivity (Wildman–Crippen MR) is 77.3 cm³/mol. The van der Waals surface area contributed by atoms with E-state index >= 15 is 0 Å². The van der Waals surface area contributed by atoms with E-state index in [0.717, 1.165) is 17.0 Å². The lowest BCUT2D eigenvalue weighted by Crippen LogP contribution is -2.20. The van der Waals surface area contributed by atoms with E-state index in [1.807, 2.05) is 31.3 Å². The Bertz CT molecular complexity index is 532.